The third-order valence-corrected chi connectivity index (χ3v) is 3.43. The number of anilines is 1. The molecule has 3 rings (SSSR count). The fourth-order valence-corrected chi connectivity index (χ4v) is 2.80. The summed E-state index contributed by atoms with van der Waals surface area (Å²) >= 11 is 1.49. The van der Waals surface area contributed by atoms with Gasteiger partial charge in [-0.3, -0.25) is 0 Å². The van der Waals surface area contributed by atoms with Crippen LogP contribution in [0.15, 0.2) is 34.4 Å². The van der Waals surface area contributed by atoms with Crippen LogP contribution in [0.2, 0.25) is 0 Å². The van der Waals surface area contributed by atoms with Crippen LogP contribution in [-0.4, -0.2) is 19.9 Å². The van der Waals surface area contributed by atoms with Crippen LogP contribution in [0, 0.1) is 13.8 Å². The maximum Gasteiger partial charge on any atom is 0.172 e. The number of nitrogens with two attached hydrogens (primary N) is 1. The van der Waals surface area contributed by atoms with Gasteiger partial charge in [-0.1, -0.05) is 0 Å². The van der Waals surface area contributed by atoms with Crippen molar-refractivity contribution in [2.75, 3.05) is 5.73 Å². The number of benzene rings is 1. The second-order valence-electron chi connectivity index (χ2n) is 4.32. The number of aryl methyl sites for hydroxylation is 2. The number of nitrogens with one attached hydrogen (secondary N) is 1. The number of aromatic amines is 1. The van der Waals surface area contributed by atoms with Gasteiger partial charge in [0.25, 0.3) is 0 Å². The third-order valence-electron chi connectivity index (χ3n) is 2.63. The van der Waals surface area contributed by atoms with Crippen molar-refractivity contribution in [3.63, 3.8) is 0 Å². The molecule has 2 aromatic heterocycles. The first-order chi connectivity index (χ1) is 9.10. The van der Waals surface area contributed by atoms with Crippen LogP contribution >= 0.6 is 11.8 Å². The van der Waals surface area contributed by atoms with Gasteiger partial charge < -0.3 is 10.7 Å². The monoisotopic (exact) mass is 271 g/mol. The normalized spacial score (nSPS) is 11.1. The fraction of sp³-hybridized carbons (Fsp3) is 0.154. The molecule has 0 bridgehead atoms. The second-order valence-corrected chi connectivity index (χ2v) is 5.32. The summed E-state index contributed by atoms with van der Waals surface area (Å²) in [6.45, 7) is 3.84. The first kappa shape index (κ1) is 12.0. The van der Waals surface area contributed by atoms with Crippen molar-refractivity contribution in [3.8, 4) is 0 Å². The quantitative estimate of drug-likeness (QED) is 0.553. The number of H-pyrrole nitrogens is 1. The van der Waals surface area contributed by atoms with E-state index >= 15 is 0 Å². The van der Waals surface area contributed by atoms with E-state index in [1.807, 2.05) is 38.1 Å². The molecular weight excluding hydrogens is 258 g/mol. The summed E-state index contributed by atoms with van der Waals surface area (Å²) in [7, 11) is 0. The van der Waals surface area contributed by atoms with Gasteiger partial charge in [0.15, 0.2) is 5.16 Å². The van der Waals surface area contributed by atoms with E-state index in [0.717, 1.165) is 38.4 Å². The smallest absolute Gasteiger partial charge is 0.172 e. The van der Waals surface area contributed by atoms with Crippen molar-refractivity contribution >= 4 is 28.5 Å². The topological polar surface area (TPSA) is 80.5 Å². The summed E-state index contributed by atoms with van der Waals surface area (Å²) < 4.78 is 0. The largest absolute Gasteiger partial charge is 0.399 e. The number of hydrogen-bond acceptors (Lipinski definition) is 5. The SMILES string of the molecule is Cc1cc(Sc2nc3ccc(N)cc3[nH]2)nc(C)n1. The highest BCUT2D eigenvalue weighted by Crippen LogP contribution is 2.26. The van der Waals surface area contributed by atoms with Gasteiger partial charge in [0.05, 0.1) is 11.0 Å². The minimum atomic E-state index is 0.724. The van der Waals surface area contributed by atoms with Crippen molar-refractivity contribution in [1.82, 2.24) is 19.9 Å². The van der Waals surface area contributed by atoms with Crippen LogP contribution in [0.5, 0.6) is 0 Å². The Bertz CT molecular complexity index is 730. The van der Waals surface area contributed by atoms with Crippen LogP contribution < -0.4 is 5.73 Å². The minimum absolute atomic E-state index is 0.724. The van der Waals surface area contributed by atoms with E-state index < -0.39 is 0 Å². The van der Waals surface area contributed by atoms with Crippen molar-refractivity contribution < 1.29 is 0 Å². The number of aromatic nitrogens is 4. The molecule has 0 spiro atoms. The highest BCUT2D eigenvalue weighted by Gasteiger charge is 2.07. The summed E-state index contributed by atoms with van der Waals surface area (Å²) in [6.07, 6.45) is 0. The van der Waals surface area contributed by atoms with Gasteiger partial charge in [-0.15, -0.1) is 0 Å². The lowest BCUT2D eigenvalue weighted by molar-refractivity contribution is 0.931. The summed E-state index contributed by atoms with van der Waals surface area (Å²) in [5.41, 5.74) is 9.27. The molecule has 0 atom stereocenters. The molecule has 3 N–H and O–H groups in total. The molecule has 0 aliphatic heterocycles. The maximum atomic E-state index is 5.75. The molecule has 1 aromatic carbocycles. The fourth-order valence-electron chi connectivity index (χ4n) is 1.89. The number of hydrogen-bond donors (Lipinski definition) is 2. The average Bonchev–Trinajstić information content (AvgIpc) is 2.68. The number of imidazole rings is 1. The Morgan fingerprint density at radius 2 is 1.95 bits per heavy atom. The number of nitrogen functional groups attached to an aromatic ring is 1. The van der Waals surface area contributed by atoms with E-state index in [0.29, 0.717) is 0 Å². The lowest BCUT2D eigenvalue weighted by Gasteiger charge is -2.00. The van der Waals surface area contributed by atoms with Crippen LogP contribution in [0.1, 0.15) is 11.5 Å². The summed E-state index contributed by atoms with van der Waals surface area (Å²) in [5.74, 6) is 0.767. The summed E-state index contributed by atoms with van der Waals surface area (Å²) in [4.78, 5) is 16.4. The zero-order chi connectivity index (χ0) is 13.4. The molecule has 0 fully saturated rings. The number of fused-ring (bicyclic) bond motifs is 1. The van der Waals surface area contributed by atoms with E-state index in [1.165, 1.54) is 11.8 Å². The molecule has 0 saturated heterocycles. The van der Waals surface area contributed by atoms with Gasteiger partial charge in [-0.05, 0) is 49.9 Å². The predicted octanol–water partition coefficient (Wildman–Crippen LogP) is 2.70. The highest BCUT2D eigenvalue weighted by atomic mass is 32.2. The molecule has 0 amide bonds. The standard InChI is InChI=1S/C13H13N5S/c1-7-5-12(16-8(2)15-7)19-13-17-10-4-3-9(14)6-11(10)18-13/h3-6H,14H2,1-2H3,(H,17,18). The Morgan fingerprint density at radius 3 is 2.74 bits per heavy atom. The molecule has 0 saturated carbocycles. The molecule has 0 aliphatic carbocycles. The molecule has 5 nitrogen and oxygen atoms in total. The summed E-state index contributed by atoms with van der Waals surface area (Å²) in [6, 6.07) is 7.57. The van der Waals surface area contributed by atoms with Gasteiger partial charge in [0.1, 0.15) is 10.9 Å². The molecule has 0 radical (unpaired) electrons. The van der Waals surface area contributed by atoms with Crippen molar-refractivity contribution in [1.29, 1.82) is 0 Å². The number of nitrogens with zero attached hydrogens (tertiary/aromatic N) is 3. The number of rotatable bonds is 2. The van der Waals surface area contributed by atoms with Crippen LogP contribution in [0.4, 0.5) is 5.69 Å². The van der Waals surface area contributed by atoms with Gasteiger partial charge in [0, 0.05) is 11.4 Å². The van der Waals surface area contributed by atoms with E-state index in [4.69, 9.17) is 5.73 Å². The van der Waals surface area contributed by atoms with Crippen molar-refractivity contribution in [3.05, 3.63) is 35.8 Å². The van der Waals surface area contributed by atoms with Gasteiger partial charge >= 0.3 is 0 Å². The van der Waals surface area contributed by atoms with Gasteiger partial charge in [0.2, 0.25) is 0 Å². The average molecular weight is 271 g/mol. The molecule has 2 heterocycles. The van der Waals surface area contributed by atoms with Crippen molar-refractivity contribution in [2.45, 2.75) is 24.0 Å². The molecule has 0 aliphatic rings. The highest BCUT2D eigenvalue weighted by molar-refractivity contribution is 7.99. The van der Waals surface area contributed by atoms with E-state index in [2.05, 4.69) is 19.9 Å². The third kappa shape index (κ3) is 2.53. The lowest BCUT2D eigenvalue weighted by Crippen LogP contribution is -1.92. The molecule has 0 unspecified atom stereocenters. The molecule has 3 aromatic rings. The second kappa shape index (κ2) is 4.55. The minimum Gasteiger partial charge on any atom is -0.399 e. The maximum absolute atomic E-state index is 5.75. The van der Waals surface area contributed by atoms with Gasteiger partial charge in [-0.2, -0.15) is 0 Å². The Hall–Kier alpha value is -2.08. The molecule has 6 heteroatoms. The molecular formula is C13H13N5S. The Kier molecular flexibility index (Phi) is 2.87. The Balaban J connectivity index is 1.96. The zero-order valence-electron chi connectivity index (χ0n) is 10.6. The van der Waals surface area contributed by atoms with E-state index in [-0.39, 0.29) is 0 Å². The van der Waals surface area contributed by atoms with Crippen LogP contribution in [0.3, 0.4) is 0 Å². The Morgan fingerprint density at radius 1 is 1.11 bits per heavy atom. The van der Waals surface area contributed by atoms with E-state index in [9.17, 15) is 0 Å². The zero-order valence-corrected chi connectivity index (χ0v) is 11.5. The first-order valence-corrected chi connectivity index (χ1v) is 6.67. The van der Waals surface area contributed by atoms with Crippen LogP contribution in [0.25, 0.3) is 11.0 Å². The molecule has 19 heavy (non-hydrogen) atoms. The Labute approximate surface area is 114 Å². The molecule has 96 valence electrons. The predicted molar refractivity (Wildman–Crippen MR) is 76.1 cm³/mol. The lowest BCUT2D eigenvalue weighted by atomic mass is 10.3. The van der Waals surface area contributed by atoms with Gasteiger partial charge in [-0.25, -0.2) is 15.0 Å². The van der Waals surface area contributed by atoms with Crippen molar-refractivity contribution in [2.24, 2.45) is 0 Å². The summed E-state index contributed by atoms with van der Waals surface area (Å²) in [5, 5.41) is 1.69. The van der Waals surface area contributed by atoms with Crippen LogP contribution in [-0.2, 0) is 0 Å². The first-order valence-electron chi connectivity index (χ1n) is 5.85. The van der Waals surface area contributed by atoms with E-state index in [1.54, 1.807) is 0 Å².